The van der Waals surface area contributed by atoms with Crippen molar-refractivity contribution in [3.63, 3.8) is 0 Å². The van der Waals surface area contributed by atoms with E-state index >= 15 is 0 Å². The van der Waals surface area contributed by atoms with Crippen molar-refractivity contribution in [3.8, 4) is 5.75 Å². The Kier molecular flexibility index (Phi) is 5.67. The molecule has 4 aliphatic rings. The summed E-state index contributed by atoms with van der Waals surface area (Å²) < 4.78 is 12.6. The van der Waals surface area contributed by atoms with E-state index in [0.29, 0.717) is 18.9 Å². The second-order valence-electron chi connectivity index (χ2n) is 10.3. The van der Waals surface area contributed by atoms with Crippen molar-refractivity contribution >= 4 is 17.3 Å². The van der Waals surface area contributed by atoms with E-state index in [0.717, 1.165) is 29.5 Å². The van der Waals surface area contributed by atoms with Crippen LogP contribution in [0.1, 0.15) is 95.9 Å². The van der Waals surface area contributed by atoms with Crippen molar-refractivity contribution in [3.05, 3.63) is 45.4 Å². The number of ether oxygens (including phenoxy) is 2. The first-order chi connectivity index (χ1) is 16.1. The maximum atomic E-state index is 11.1. The van der Waals surface area contributed by atoms with Gasteiger partial charge in [0.25, 0.3) is 0 Å². The second-order valence-corrected chi connectivity index (χ2v) is 11.1. The van der Waals surface area contributed by atoms with Crippen molar-refractivity contribution < 1.29 is 24.5 Å². The van der Waals surface area contributed by atoms with E-state index in [9.17, 15) is 9.90 Å². The van der Waals surface area contributed by atoms with Gasteiger partial charge < -0.3 is 19.7 Å². The zero-order valence-corrected chi connectivity index (χ0v) is 19.5. The summed E-state index contributed by atoms with van der Waals surface area (Å²) in [6.45, 7) is 0.504. The quantitative estimate of drug-likeness (QED) is 0.573. The zero-order chi connectivity index (χ0) is 22.5. The molecule has 5 atom stereocenters. The van der Waals surface area contributed by atoms with E-state index < -0.39 is 12.1 Å². The zero-order valence-electron chi connectivity index (χ0n) is 18.7. The summed E-state index contributed by atoms with van der Waals surface area (Å²) in [7, 11) is 0. The summed E-state index contributed by atoms with van der Waals surface area (Å²) in [5.41, 5.74) is 3.11. The number of thiazole rings is 1. The summed E-state index contributed by atoms with van der Waals surface area (Å²) >= 11 is 1.34. The fourth-order valence-electron chi connectivity index (χ4n) is 5.95. The minimum atomic E-state index is -1.01. The van der Waals surface area contributed by atoms with Gasteiger partial charge in [-0.05, 0) is 79.5 Å². The van der Waals surface area contributed by atoms with Crippen LogP contribution in [0.5, 0.6) is 5.75 Å². The molecule has 0 unspecified atom stereocenters. The molecule has 4 fully saturated rings. The van der Waals surface area contributed by atoms with Crippen LogP contribution in [0.15, 0.2) is 23.6 Å². The van der Waals surface area contributed by atoms with Crippen LogP contribution < -0.4 is 4.74 Å². The average Bonchev–Trinajstić information content (AvgIpc) is 3.39. The fourth-order valence-corrected chi connectivity index (χ4v) is 6.81. The first-order valence-corrected chi connectivity index (χ1v) is 13.2. The van der Waals surface area contributed by atoms with E-state index in [1.807, 2.05) is 0 Å². The molecule has 0 spiro atoms. The Morgan fingerprint density at radius 1 is 1.12 bits per heavy atom. The van der Waals surface area contributed by atoms with Crippen molar-refractivity contribution in [2.45, 2.75) is 81.5 Å². The molecule has 7 heteroatoms. The first-order valence-electron chi connectivity index (χ1n) is 12.4. The number of nitrogens with zero attached hydrogens (tertiary/aromatic N) is 1. The van der Waals surface area contributed by atoms with Gasteiger partial charge in [-0.25, -0.2) is 9.78 Å². The van der Waals surface area contributed by atoms with Gasteiger partial charge in [-0.2, -0.15) is 0 Å². The molecule has 33 heavy (non-hydrogen) atoms. The molecule has 2 aromatic rings. The van der Waals surface area contributed by atoms with Crippen LogP contribution in [0.25, 0.3) is 0 Å². The SMILES string of the molecule is O=C(O)c1csc([C@H]2CC[C@@H]3[C@@H](COc4ccc(C5CCC5)c(C5CC5)c4)[C@@H](O)C[C@@H]3O2)n1. The molecule has 1 aromatic carbocycles. The Labute approximate surface area is 198 Å². The number of benzene rings is 1. The number of hydrogen-bond acceptors (Lipinski definition) is 6. The number of aliphatic hydroxyl groups excluding tert-OH is 1. The van der Waals surface area contributed by atoms with E-state index in [1.54, 1.807) is 5.38 Å². The Bertz CT molecular complexity index is 1030. The van der Waals surface area contributed by atoms with Crippen LogP contribution in [-0.2, 0) is 4.74 Å². The van der Waals surface area contributed by atoms with E-state index in [2.05, 4.69) is 23.2 Å². The van der Waals surface area contributed by atoms with Crippen LogP contribution in [0.3, 0.4) is 0 Å². The molecular formula is C26H31NO5S. The lowest BCUT2D eigenvalue weighted by Gasteiger charge is -2.34. The summed E-state index contributed by atoms with van der Waals surface area (Å²) in [4.78, 5) is 15.4. The van der Waals surface area contributed by atoms with E-state index in [4.69, 9.17) is 14.6 Å². The molecule has 0 bridgehead atoms. The Balaban J connectivity index is 1.10. The summed E-state index contributed by atoms with van der Waals surface area (Å²) in [5, 5.41) is 22.2. The molecule has 0 radical (unpaired) electrons. The van der Waals surface area contributed by atoms with Gasteiger partial charge in [0, 0.05) is 17.7 Å². The molecule has 2 N–H and O–H groups in total. The number of carbonyl (C=O) groups is 1. The third-order valence-corrected chi connectivity index (χ3v) is 9.11. The highest BCUT2D eigenvalue weighted by Crippen LogP contribution is 2.49. The smallest absolute Gasteiger partial charge is 0.355 e. The minimum Gasteiger partial charge on any atom is -0.493 e. The lowest BCUT2D eigenvalue weighted by atomic mass is 9.77. The number of fused-ring (bicyclic) bond motifs is 1. The van der Waals surface area contributed by atoms with Crippen molar-refractivity contribution in [2.24, 2.45) is 11.8 Å². The molecule has 1 saturated heterocycles. The third-order valence-electron chi connectivity index (χ3n) is 8.18. The maximum Gasteiger partial charge on any atom is 0.355 e. The van der Waals surface area contributed by atoms with Gasteiger partial charge >= 0.3 is 5.97 Å². The lowest BCUT2D eigenvalue weighted by molar-refractivity contribution is -0.0811. The topological polar surface area (TPSA) is 88.9 Å². The third kappa shape index (κ3) is 4.19. The number of aliphatic hydroxyl groups is 1. The second kappa shape index (κ2) is 8.67. The highest BCUT2D eigenvalue weighted by molar-refractivity contribution is 7.09. The molecule has 3 saturated carbocycles. The molecule has 1 aromatic heterocycles. The Morgan fingerprint density at radius 2 is 1.94 bits per heavy atom. The number of aromatic carboxylic acids is 1. The van der Waals surface area contributed by atoms with Crippen LogP contribution >= 0.6 is 11.3 Å². The number of carboxylic acids is 1. The molecule has 6 nitrogen and oxygen atoms in total. The largest absolute Gasteiger partial charge is 0.493 e. The summed E-state index contributed by atoms with van der Waals surface area (Å²) in [6.07, 6.45) is 8.22. The van der Waals surface area contributed by atoms with Gasteiger partial charge in [-0.1, -0.05) is 12.5 Å². The molecule has 0 amide bonds. The average molecular weight is 470 g/mol. The van der Waals surface area contributed by atoms with Crippen molar-refractivity contribution in [2.75, 3.05) is 6.61 Å². The maximum absolute atomic E-state index is 11.1. The van der Waals surface area contributed by atoms with E-state index in [-0.39, 0.29) is 29.7 Å². The number of rotatable bonds is 7. The van der Waals surface area contributed by atoms with Gasteiger partial charge in [0.2, 0.25) is 0 Å². The van der Waals surface area contributed by atoms with Crippen LogP contribution in [0.2, 0.25) is 0 Å². The van der Waals surface area contributed by atoms with Crippen molar-refractivity contribution in [1.29, 1.82) is 0 Å². The highest BCUT2D eigenvalue weighted by Gasteiger charge is 2.47. The predicted octanol–water partition coefficient (Wildman–Crippen LogP) is 5.28. The number of carboxylic acid groups (broad SMARTS) is 1. The van der Waals surface area contributed by atoms with Crippen LogP contribution in [0.4, 0.5) is 0 Å². The summed E-state index contributed by atoms with van der Waals surface area (Å²) in [5.74, 6) is 1.68. The van der Waals surface area contributed by atoms with Crippen LogP contribution in [0, 0.1) is 11.8 Å². The monoisotopic (exact) mass is 469 g/mol. The Morgan fingerprint density at radius 3 is 2.64 bits per heavy atom. The Hall–Kier alpha value is -1.96. The highest BCUT2D eigenvalue weighted by atomic mass is 32.1. The van der Waals surface area contributed by atoms with Gasteiger partial charge in [-0.15, -0.1) is 11.3 Å². The van der Waals surface area contributed by atoms with Gasteiger partial charge in [0.05, 0.1) is 18.8 Å². The number of hydrogen-bond donors (Lipinski definition) is 2. The minimum absolute atomic E-state index is 0.0347. The molecule has 176 valence electrons. The number of aromatic nitrogens is 1. The van der Waals surface area contributed by atoms with Gasteiger partial charge in [0.1, 0.15) is 16.9 Å². The molecule has 3 aliphatic carbocycles. The van der Waals surface area contributed by atoms with Gasteiger partial charge in [-0.3, -0.25) is 0 Å². The summed E-state index contributed by atoms with van der Waals surface area (Å²) in [6, 6.07) is 6.67. The molecule has 1 aliphatic heterocycles. The fraction of sp³-hybridized carbons (Fsp3) is 0.615. The normalized spacial score (nSPS) is 31.7. The van der Waals surface area contributed by atoms with Gasteiger partial charge in [0.15, 0.2) is 5.69 Å². The van der Waals surface area contributed by atoms with Crippen LogP contribution in [-0.4, -0.2) is 40.0 Å². The van der Waals surface area contributed by atoms with Crippen molar-refractivity contribution in [1.82, 2.24) is 4.98 Å². The molecule has 2 heterocycles. The lowest BCUT2D eigenvalue weighted by Crippen LogP contribution is -2.33. The standard InChI is InChI=1S/C26H31NO5S/c28-22-11-24-18(8-9-23(32-24)25-27-21(13-33-25)26(29)30)20(22)12-31-16-6-7-17(14-2-1-3-14)19(10-16)15-4-5-15/h6-7,10,13-15,18,20,22-24,28H,1-5,8-9,11-12H2,(H,29,30)/t18-,20-,22+,23-,24+/m1/s1. The van der Waals surface area contributed by atoms with E-state index in [1.165, 1.54) is 54.6 Å². The molecule has 6 rings (SSSR count). The predicted molar refractivity (Wildman–Crippen MR) is 124 cm³/mol. The first kappa shape index (κ1) is 21.6. The molecular weight excluding hydrogens is 438 g/mol.